The Balaban J connectivity index is 2.44. The van der Waals surface area contributed by atoms with Gasteiger partial charge in [0.25, 0.3) is 0 Å². The van der Waals surface area contributed by atoms with Crippen molar-refractivity contribution in [2.45, 2.75) is 0 Å². The summed E-state index contributed by atoms with van der Waals surface area (Å²) in [5.74, 6) is 0.741. The van der Waals surface area contributed by atoms with Gasteiger partial charge in [-0.3, -0.25) is 4.99 Å². The van der Waals surface area contributed by atoms with Crippen molar-refractivity contribution < 1.29 is 4.74 Å². The maximum atomic E-state index is 5.17. The minimum absolute atomic E-state index is 0.741. The molecule has 0 radical (unpaired) electrons. The molecule has 2 aliphatic heterocycles. The summed E-state index contributed by atoms with van der Waals surface area (Å²) in [6.07, 6.45) is 10.1. The van der Waals surface area contributed by atoms with Crippen LogP contribution in [0, 0.1) is 0 Å². The lowest BCUT2D eigenvalue weighted by Crippen LogP contribution is -2.03. The first-order valence-corrected chi connectivity index (χ1v) is 3.27. The molecule has 2 heterocycles. The van der Waals surface area contributed by atoms with Crippen molar-refractivity contribution in [2.24, 2.45) is 9.98 Å². The van der Waals surface area contributed by atoms with Gasteiger partial charge in [-0.1, -0.05) is 0 Å². The van der Waals surface area contributed by atoms with Crippen LogP contribution in [0.25, 0.3) is 0 Å². The van der Waals surface area contributed by atoms with Gasteiger partial charge in [0.1, 0.15) is 12.0 Å². The summed E-state index contributed by atoms with van der Waals surface area (Å²) >= 11 is 0. The highest BCUT2D eigenvalue weighted by atomic mass is 16.5. The van der Waals surface area contributed by atoms with Gasteiger partial charge in [-0.25, -0.2) is 4.99 Å². The maximum absolute atomic E-state index is 5.17. The Bertz CT molecular complexity index is 308. The normalized spacial score (nSPS) is 19.6. The van der Waals surface area contributed by atoms with Crippen LogP contribution in [0.15, 0.2) is 46.6 Å². The van der Waals surface area contributed by atoms with E-state index in [2.05, 4.69) is 9.98 Å². The van der Waals surface area contributed by atoms with Crippen LogP contribution in [0.4, 0.5) is 0 Å². The second-order valence-electron chi connectivity index (χ2n) is 2.06. The van der Waals surface area contributed by atoms with Crippen LogP contribution in [-0.4, -0.2) is 11.9 Å². The van der Waals surface area contributed by atoms with Gasteiger partial charge in [0, 0.05) is 18.5 Å². The molecule has 2 aliphatic rings. The van der Waals surface area contributed by atoms with E-state index in [1.165, 1.54) is 0 Å². The van der Waals surface area contributed by atoms with E-state index in [0.29, 0.717) is 0 Å². The Kier molecular flexibility index (Phi) is 1.41. The number of rotatable bonds is 0. The van der Waals surface area contributed by atoms with Crippen LogP contribution in [0.5, 0.6) is 0 Å². The Morgan fingerprint density at radius 1 is 1.27 bits per heavy atom. The van der Waals surface area contributed by atoms with Crippen molar-refractivity contribution in [1.29, 1.82) is 0 Å². The van der Waals surface area contributed by atoms with E-state index >= 15 is 0 Å². The van der Waals surface area contributed by atoms with Crippen LogP contribution >= 0.6 is 0 Å². The first kappa shape index (κ1) is 6.09. The quantitative estimate of drug-likeness (QED) is 0.508. The third kappa shape index (κ3) is 1.12. The number of hydrogen-bond donors (Lipinski definition) is 0. The smallest absolute Gasteiger partial charge is 0.153 e. The van der Waals surface area contributed by atoms with E-state index < -0.39 is 0 Å². The molecule has 0 aromatic carbocycles. The minimum atomic E-state index is 0.741. The van der Waals surface area contributed by atoms with Crippen LogP contribution in [0.2, 0.25) is 0 Å². The molecule has 11 heavy (non-hydrogen) atoms. The zero-order chi connectivity index (χ0) is 7.52. The predicted molar refractivity (Wildman–Crippen MR) is 43.4 cm³/mol. The zero-order valence-corrected chi connectivity index (χ0v) is 5.77. The molecule has 0 aromatic rings. The van der Waals surface area contributed by atoms with Crippen LogP contribution in [-0.2, 0) is 4.74 Å². The Morgan fingerprint density at radius 3 is 3.27 bits per heavy atom. The summed E-state index contributed by atoms with van der Waals surface area (Å²) < 4.78 is 5.17. The Hall–Kier alpha value is -1.64. The van der Waals surface area contributed by atoms with Gasteiger partial charge in [0.05, 0.1) is 6.20 Å². The van der Waals surface area contributed by atoms with Crippen LogP contribution in [0.1, 0.15) is 0 Å². The fourth-order valence-electron chi connectivity index (χ4n) is 0.862. The summed E-state index contributed by atoms with van der Waals surface area (Å²) in [6.45, 7) is 0. The molecule has 0 aliphatic carbocycles. The molecule has 0 atom stereocenters. The van der Waals surface area contributed by atoms with Crippen molar-refractivity contribution in [2.75, 3.05) is 0 Å². The molecule has 2 rings (SSSR count). The average Bonchev–Trinajstić information content (AvgIpc) is 2.28. The van der Waals surface area contributed by atoms with Crippen molar-refractivity contribution >= 4 is 11.9 Å². The second-order valence-corrected chi connectivity index (χ2v) is 2.06. The number of nitrogens with zero attached hydrogens (tertiary/aromatic N) is 2. The van der Waals surface area contributed by atoms with Gasteiger partial charge in [0.15, 0.2) is 5.76 Å². The molecule has 0 aromatic heterocycles. The van der Waals surface area contributed by atoms with Crippen molar-refractivity contribution in [1.82, 2.24) is 0 Å². The third-order valence-electron chi connectivity index (χ3n) is 1.35. The number of fused-ring (bicyclic) bond motifs is 1. The number of allylic oxidation sites excluding steroid dienone is 2. The van der Waals surface area contributed by atoms with Gasteiger partial charge < -0.3 is 4.74 Å². The molecule has 0 N–H and O–H groups in total. The standard InChI is InChI=1S/C8H6N2O/c1-3-9-4-2-8-7(1)10-5-6-11-8/h1-6H. The highest BCUT2D eigenvalue weighted by Crippen LogP contribution is 2.09. The predicted octanol–water partition coefficient (Wildman–Crippen LogP) is 1.41. The van der Waals surface area contributed by atoms with E-state index in [9.17, 15) is 0 Å². The van der Waals surface area contributed by atoms with E-state index in [-0.39, 0.29) is 0 Å². The van der Waals surface area contributed by atoms with Gasteiger partial charge in [0.2, 0.25) is 0 Å². The summed E-state index contributed by atoms with van der Waals surface area (Å²) in [5.41, 5.74) is 0.810. The Morgan fingerprint density at radius 2 is 2.27 bits per heavy atom. The largest absolute Gasteiger partial charge is 0.461 e. The third-order valence-corrected chi connectivity index (χ3v) is 1.35. The maximum Gasteiger partial charge on any atom is 0.153 e. The molecule has 0 spiro atoms. The number of hydrogen-bond acceptors (Lipinski definition) is 3. The molecule has 0 unspecified atom stereocenters. The van der Waals surface area contributed by atoms with E-state index in [4.69, 9.17) is 4.74 Å². The van der Waals surface area contributed by atoms with Crippen molar-refractivity contribution in [3.05, 3.63) is 36.6 Å². The second kappa shape index (κ2) is 2.54. The molecule has 0 fully saturated rings. The molecule has 3 heteroatoms. The van der Waals surface area contributed by atoms with Gasteiger partial charge in [-0.15, -0.1) is 0 Å². The lowest BCUT2D eigenvalue weighted by molar-refractivity contribution is 0.373. The van der Waals surface area contributed by atoms with Crippen molar-refractivity contribution in [3.63, 3.8) is 0 Å². The fourth-order valence-corrected chi connectivity index (χ4v) is 0.862. The summed E-state index contributed by atoms with van der Waals surface area (Å²) in [5, 5.41) is 0. The monoisotopic (exact) mass is 146 g/mol. The molecular formula is C8H6N2O. The molecule has 54 valence electrons. The Labute approximate surface area is 64.1 Å². The highest BCUT2D eigenvalue weighted by molar-refractivity contribution is 6.10. The molecule has 3 nitrogen and oxygen atoms in total. The molecule has 0 amide bonds. The zero-order valence-electron chi connectivity index (χ0n) is 5.77. The highest BCUT2D eigenvalue weighted by Gasteiger charge is 2.06. The van der Waals surface area contributed by atoms with E-state index in [1.807, 2.05) is 0 Å². The summed E-state index contributed by atoms with van der Waals surface area (Å²) in [6, 6.07) is 0. The van der Waals surface area contributed by atoms with Crippen molar-refractivity contribution in [3.8, 4) is 0 Å². The fraction of sp³-hybridized carbons (Fsp3) is 0. The van der Waals surface area contributed by atoms with E-state index in [0.717, 1.165) is 11.5 Å². The average molecular weight is 146 g/mol. The minimum Gasteiger partial charge on any atom is -0.461 e. The van der Waals surface area contributed by atoms with Gasteiger partial charge in [-0.05, 0) is 6.08 Å². The van der Waals surface area contributed by atoms with Crippen LogP contribution < -0.4 is 0 Å². The lowest BCUT2D eigenvalue weighted by Gasteiger charge is -2.06. The van der Waals surface area contributed by atoms with E-state index in [1.54, 1.807) is 37.0 Å². The number of ether oxygens (including phenoxy) is 1. The van der Waals surface area contributed by atoms with Crippen LogP contribution in [0.3, 0.4) is 0 Å². The molecular weight excluding hydrogens is 140 g/mol. The molecule has 0 saturated carbocycles. The molecule has 0 bridgehead atoms. The summed E-state index contributed by atoms with van der Waals surface area (Å²) in [4.78, 5) is 8.01. The molecule has 0 saturated heterocycles. The SMILES string of the molecule is C1=CC2=NC=COC2=CC=N1. The first-order chi connectivity index (χ1) is 5.47. The first-order valence-electron chi connectivity index (χ1n) is 3.27. The number of aliphatic imine (C=N–C) groups is 2. The summed E-state index contributed by atoms with van der Waals surface area (Å²) in [7, 11) is 0. The van der Waals surface area contributed by atoms with Gasteiger partial charge >= 0.3 is 0 Å². The lowest BCUT2D eigenvalue weighted by atomic mass is 10.3. The topological polar surface area (TPSA) is 34.0 Å². The van der Waals surface area contributed by atoms with Gasteiger partial charge in [-0.2, -0.15) is 0 Å².